The second kappa shape index (κ2) is 12.0. The van der Waals surface area contributed by atoms with Crippen molar-refractivity contribution in [3.05, 3.63) is 52.1 Å². The minimum Gasteiger partial charge on any atom is -0.493 e. The van der Waals surface area contributed by atoms with Gasteiger partial charge in [0.15, 0.2) is 11.5 Å². The zero-order valence-electron chi connectivity index (χ0n) is 18.7. The first-order chi connectivity index (χ1) is 16.0. The van der Waals surface area contributed by atoms with Crippen LogP contribution in [0.2, 0.25) is 0 Å². The summed E-state index contributed by atoms with van der Waals surface area (Å²) in [5.41, 5.74) is -0.178. The Kier molecular flexibility index (Phi) is 8.85. The molecule has 1 aliphatic rings. The van der Waals surface area contributed by atoms with E-state index in [0.29, 0.717) is 31.3 Å². The van der Waals surface area contributed by atoms with Crippen LogP contribution in [0.4, 0.5) is 11.4 Å². The lowest BCUT2D eigenvalue weighted by atomic mass is 10.1. The maximum Gasteiger partial charge on any atom is 0.286 e. The molecule has 1 atom stereocenters. The van der Waals surface area contributed by atoms with E-state index in [4.69, 9.17) is 23.7 Å². The first kappa shape index (κ1) is 24.3. The summed E-state index contributed by atoms with van der Waals surface area (Å²) in [6.07, 6.45) is 3.04. The van der Waals surface area contributed by atoms with Gasteiger partial charge in [-0.25, -0.2) is 0 Å². The molecule has 3 rings (SSSR count). The number of ether oxygens (including phenoxy) is 5. The number of anilines is 1. The molecular formula is C23H28N2O8. The number of benzene rings is 2. The third-order valence-electron chi connectivity index (χ3n) is 5.10. The van der Waals surface area contributed by atoms with E-state index in [1.54, 1.807) is 24.3 Å². The monoisotopic (exact) mass is 460 g/mol. The Bertz CT molecular complexity index is 959. The van der Waals surface area contributed by atoms with E-state index in [1.807, 2.05) is 0 Å². The van der Waals surface area contributed by atoms with E-state index < -0.39 is 16.5 Å². The maximum atomic E-state index is 13.0. The number of hydrogen-bond donors (Lipinski definition) is 1. The van der Waals surface area contributed by atoms with E-state index >= 15 is 0 Å². The van der Waals surface area contributed by atoms with Crippen molar-refractivity contribution in [2.45, 2.75) is 25.4 Å². The fourth-order valence-corrected chi connectivity index (χ4v) is 3.40. The summed E-state index contributed by atoms with van der Waals surface area (Å²) in [7, 11) is 2.91. The van der Waals surface area contributed by atoms with Gasteiger partial charge >= 0.3 is 0 Å². The first-order valence-electron chi connectivity index (χ1n) is 10.7. The Morgan fingerprint density at radius 2 is 1.94 bits per heavy atom. The highest BCUT2D eigenvalue weighted by Crippen LogP contribution is 2.36. The molecule has 1 fully saturated rings. The van der Waals surface area contributed by atoms with E-state index in [-0.39, 0.29) is 29.8 Å². The number of nitro groups is 1. The smallest absolute Gasteiger partial charge is 0.286 e. The summed E-state index contributed by atoms with van der Waals surface area (Å²) in [5.74, 6) is 0.123. The second-order valence-electron chi connectivity index (χ2n) is 7.37. The van der Waals surface area contributed by atoms with Crippen LogP contribution in [0.25, 0.3) is 0 Å². The highest BCUT2D eigenvalue weighted by Gasteiger charge is 2.26. The molecule has 0 aromatic heterocycles. The SMILES string of the molecule is COCCOc1cc([N+](=O)[O-])c(C(=O)Nc2ccccc2OCC2CCCCO2)cc1OC. The number of nitrogens with zero attached hydrogens (tertiary/aromatic N) is 1. The van der Waals surface area contributed by atoms with Gasteiger partial charge in [0, 0.05) is 19.8 Å². The zero-order chi connectivity index (χ0) is 23.6. The normalized spacial score (nSPS) is 15.5. The van der Waals surface area contributed by atoms with Gasteiger partial charge in [0.05, 0.1) is 36.5 Å². The molecule has 10 nitrogen and oxygen atoms in total. The zero-order valence-corrected chi connectivity index (χ0v) is 18.7. The molecule has 178 valence electrons. The Morgan fingerprint density at radius 1 is 1.12 bits per heavy atom. The average molecular weight is 460 g/mol. The molecule has 0 radical (unpaired) electrons. The molecule has 1 saturated heterocycles. The van der Waals surface area contributed by atoms with Crippen LogP contribution in [-0.4, -0.2) is 57.6 Å². The van der Waals surface area contributed by atoms with Crippen LogP contribution < -0.4 is 19.5 Å². The molecule has 1 amide bonds. The van der Waals surface area contributed by atoms with E-state index in [0.717, 1.165) is 19.3 Å². The fourth-order valence-electron chi connectivity index (χ4n) is 3.40. The van der Waals surface area contributed by atoms with Gasteiger partial charge in [-0.05, 0) is 31.4 Å². The summed E-state index contributed by atoms with van der Waals surface area (Å²) in [4.78, 5) is 24.1. The third kappa shape index (κ3) is 6.56. The third-order valence-corrected chi connectivity index (χ3v) is 5.10. The largest absolute Gasteiger partial charge is 0.493 e. The quantitative estimate of drug-likeness (QED) is 0.305. The van der Waals surface area contributed by atoms with Crippen molar-refractivity contribution < 1.29 is 33.4 Å². The molecule has 2 aromatic carbocycles. The van der Waals surface area contributed by atoms with Crippen molar-refractivity contribution in [3.8, 4) is 17.2 Å². The number of rotatable bonds is 11. The van der Waals surface area contributed by atoms with Gasteiger partial charge in [0.2, 0.25) is 0 Å². The van der Waals surface area contributed by atoms with Crippen molar-refractivity contribution in [2.75, 3.05) is 46.0 Å². The van der Waals surface area contributed by atoms with Crippen LogP contribution >= 0.6 is 0 Å². The molecule has 1 aliphatic heterocycles. The van der Waals surface area contributed by atoms with Crippen LogP contribution in [0.1, 0.15) is 29.6 Å². The summed E-state index contributed by atoms with van der Waals surface area (Å²) in [5, 5.41) is 14.4. The summed E-state index contributed by atoms with van der Waals surface area (Å²) >= 11 is 0. The molecule has 0 spiro atoms. The molecule has 0 saturated carbocycles. The van der Waals surface area contributed by atoms with Crippen molar-refractivity contribution in [1.82, 2.24) is 0 Å². The molecule has 1 unspecified atom stereocenters. The van der Waals surface area contributed by atoms with Crippen molar-refractivity contribution in [1.29, 1.82) is 0 Å². The standard InChI is InChI=1S/C23H28N2O8/c1-29-11-12-32-22-14-19(25(27)28)17(13-21(22)30-2)23(26)24-18-8-3-4-9-20(18)33-15-16-7-5-6-10-31-16/h3-4,8-9,13-14,16H,5-7,10-12,15H2,1-2H3,(H,24,26). The van der Waals surface area contributed by atoms with Gasteiger partial charge in [-0.1, -0.05) is 12.1 Å². The minimum absolute atomic E-state index is 0.00138. The first-order valence-corrected chi connectivity index (χ1v) is 10.7. The topological polar surface area (TPSA) is 118 Å². The molecule has 0 aliphatic carbocycles. The molecule has 33 heavy (non-hydrogen) atoms. The number of hydrogen-bond acceptors (Lipinski definition) is 8. The van der Waals surface area contributed by atoms with Gasteiger partial charge in [-0.3, -0.25) is 14.9 Å². The predicted octanol–water partition coefficient (Wildman–Crippen LogP) is 3.83. The van der Waals surface area contributed by atoms with Gasteiger partial charge < -0.3 is 29.0 Å². The summed E-state index contributed by atoms with van der Waals surface area (Å²) in [6, 6.07) is 9.37. The summed E-state index contributed by atoms with van der Waals surface area (Å²) < 4.78 is 27.3. The number of amides is 1. The molecular weight excluding hydrogens is 432 g/mol. The molecule has 0 bridgehead atoms. The van der Waals surface area contributed by atoms with Crippen LogP contribution in [0, 0.1) is 10.1 Å². The number of carbonyl (C=O) groups excluding carboxylic acids is 1. The number of methoxy groups -OCH3 is 2. The van der Waals surface area contributed by atoms with Crippen molar-refractivity contribution in [2.24, 2.45) is 0 Å². The van der Waals surface area contributed by atoms with Crippen LogP contribution in [0.3, 0.4) is 0 Å². The van der Waals surface area contributed by atoms with Crippen LogP contribution in [0.5, 0.6) is 17.2 Å². The molecule has 1 heterocycles. The highest BCUT2D eigenvalue weighted by molar-refractivity contribution is 6.08. The molecule has 2 aromatic rings. The number of nitrogens with one attached hydrogen (secondary N) is 1. The van der Waals surface area contributed by atoms with Gasteiger partial charge in [0.25, 0.3) is 11.6 Å². The molecule has 10 heteroatoms. The van der Waals surface area contributed by atoms with Crippen LogP contribution in [0.15, 0.2) is 36.4 Å². The lowest BCUT2D eigenvalue weighted by Crippen LogP contribution is -2.26. The second-order valence-corrected chi connectivity index (χ2v) is 7.37. The predicted molar refractivity (Wildman–Crippen MR) is 121 cm³/mol. The van der Waals surface area contributed by atoms with Crippen LogP contribution in [-0.2, 0) is 9.47 Å². The number of para-hydroxylation sites is 2. The average Bonchev–Trinajstić information content (AvgIpc) is 2.83. The fraction of sp³-hybridized carbons (Fsp3) is 0.435. The van der Waals surface area contributed by atoms with Crippen molar-refractivity contribution in [3.63, 3.8) is 0 Å². The lowest BCUT2D eigenvalue weighted by Gasteiger charge is -2.23. The maximum absolute atomic E-state index is 13.0. The van der Waals surface area contributed by atoms with Gasteiger partial charge in [-0.2, -0.15) is 0 Å². The number of nitro benzene ring substituents is 1. The number of carbonyl (C=O) groups is 1. The van der Waals surface area contributed by atoms with Gasteiger partial charge in [-0.15, -0.1) is 0 Å². The minimum atomic E-state index is -0.673. The van der Waals surface area contributed by atoms with Gasteiger partial charge in [0.1, 0.15) is 24.5 Å². The molecule has 1 N–H and O–H groups in total. The summed E-state index contributed by atoms with van der Waals surface area (Å²) in [6.45, 7) is 1.53. The van der Waals surface area contributed by atoms with E-state index in [9.17, 15) is 14.9 Å². The van der Waals surface area contributed by atoms with E-state index in [1.165, 1.54) is 26.4 Å². The van der Waals surface area contributed by atoms with E-state index in [2.05, 4.69) is 5.32 Å². The lowest BCUT2D eigenvalue weighted by molar-refractivity contribution is -0.385. The Hall–Kier alpha value is -3.37. The van der Waals surface area contributed by atoms with Crippen molar-refractivity contribution >= 4 is 17.3 Å². The Labute approximate surface area is 191 Å². The highest BCUT2D eigenvalue weighted by atomic mass is 16.6. The Balaban J connectivity index is 1.80. The Morgan fingerprint density at radius 3 is 2.64 bits per heavy atom.